The molecule has 0 spiro atoms. The van der Waals surface area contributed by atoms with Crippen LogP contribution in [0.4, 0.5) is 10.1 Å². The van der Waals surface area contributed by atoms with Crippen LogP contribution >= 0.6 is 0 Å². The van der Waals surface area contributed by atoms with Gasteiger partial charge in [0.05, 0.1) is 16.9 Å². The summed E-state index contributed by atoms with van der Waals surface area (Å²) < 4.78 is 14.5. The van der Waals surface area contributed by atoms with Crippen molar-refractivity contribution in [3.05, 3.63) is 69.3 Å². The summed E-state index contributed by atoms with van der Waals surface area (Å²) in [7, 11) is 1.49. The fourth-order valence-corrected chi connectivity index (χ4v) is 3.09. The molecular formula is C19H18FN5O4. The minimum Gasteiger partial charge on any atom is -0.369 e. The largest absolute Gasteiger partial charge is 0.369 e. The van der Waals surface area contributed by atoms with E-state index in [4.69, 9.17) is 5.73 Å². The summed E-state index contributed by atoms with van der Waals surface area (Å²) >= 11 is 0. The summed E-state index contributed by atoms with van der Waals surface area (Å²) in [6.45, 7) is 1.60. The molecule has 2 heterocycles. The van der Waals surface area contributed by atoms with E-state index in [1.165, 1.54) is 42.3 Å². The van der Waals surface area contributed by atoms with Gasteiger partial charge in [0.1, 0.15) is 17.7 Å². The van der Waals surface area contributed by atoms with Gasteiger partial charge >= 0.3 is 0 Å². The molecule has 0 saturated carbocycles. The molecule has 1 atom stereocenters. The van der Waals surface area contributed by atoms with Gasteiger partial charge in [0.2, 0.25) is 5.91 Å². The molecule has 9 nitrogen and oxygen atoms in total. The molecule has 0 fully saturated rings. The molecule has 3 rings (SSSR count). The lowest BCUT2D eigenvalue weighted by molar-refractivity contribution is -0.385. The number of nitrogens with two attached hydrogens (primary N) is 1. The molecule has 1 aliphatic rings. The Morgan fingerprint density at radius 2 is 2.10 bits per heavy atom. The summed E-state index contributed by atoms with van der Waals surface area (Å²) in [5, 5.41) is 10.7. The molecule has 1 aliphatic heterocycles. The Labute approximate surface area is 165 Å². The van der Waals surface area contributed by atoms with Gasteiger partial charge in [-0.15, -0.1) is 0 Å². The molecule has 10 heteroatoms. The van der Waals surface area contributed by atoms with E-state index in [1.807, 2.05) is 0 Å². The first-order valence-electron chi connectivity index (χ1n) is 8.65. The van der Waals surface area contributed by atoms with Gasteiger partial charge < -0.3 is 5.73 Å². The molecule has 0 bridgehead atoms. The number of carbonyl (C=O) groups excluding carboxylic acids is 2. The van der Waals surface area contributed by atoms with Crippen molar-refractivity contribution in [1.82, 2.24) is 9.88 Å². The van der Waals surface area contributed by atoms with Crippen molar-refractivity contribution >= 4 is 23.3 Å². The number of aliphatic imine (C=N–C) groups is 1. The van der Waals surface area contributed by atoms with Gasteiger partial charge in [-0.25, -0.2) is 14.4 Å². The van der Waals surface area contributed by atoms with Gasteiger partial charge in [-0.05, 0) is 30.7 Å². The summed E-state index contributed by atoms with van der Waals surface area (Å²) in [5.74, 6) is -1.26. The molecule has 2 aromatic rings. The highest BCUT2D eigenvalue weighted by Gasteiger charge is 2.38. The smallest absolute Gasteiger partial charge is 0.287 e. The van der Waals surface area contributed by atoms with Crippen LogP contribution in [0.1, 0.15) is 35.0 Å². The fourth-order valence-electron chi connectivity index (χ4n) is 3.09. The number of hydrogen-bond donors (Lipinski definition) is 1. The zero-order valence-corrected chi connectivity index (χ0v) is 15.8. The third-order valence-electron chi connectivity index (χ3n) is 4.79. The van der Waals surface area contributed by atoms with Gasteiger partial charge in [0.15, 0.2) is 11.7 Å². The third-order valence-corrected chi connectivity index (χ3v) is 4.79. The molecule has 0 radical (unpaired) electrons. The number of guanidine groups is 1. The minimum absolute atomic E-state index is 0.0142. The Balaban J connectivity index is 1.88. The second-order valence-corrected chi connectivity index (χ2v) is 6.95. The van der Waals surface area contributed by atoms with Crippen molar-refractivity contribution in [2.45, 2.75) is 25.3 Å². The third kappa shape index (κ3) is 3.96. The number of amides is 1. The number of benzene rings is 1. The topological polar surface area (TPSA) is 132 Å². The van der Waals surface area contributed by atoms with E-state index < -0.39 is 16.3 Å². The zero-order valence-electron chi connectivity index (χ0n) is 15.8. The standard InChI is InChI=1S/C19H18FN5O4/c1-19(9-17(27)24(2)18(21)23-19)13-7-11(3-5-14(13)20)8-16(26)15-6-4-12(10-22-15)25(28)29/h3-7,10H,8-9H2,1-2H3,(H2,21,23). The van der Waals surface area contributed by atoms with Gasteiger partial charge in [-0.3, -0.25) is 24.6 Å². The van der Waals surface area contributed by atoms with Crippen LogP contribution in [0.25, 0.3) is 0 Å². The Kier molecular flexibility index (Phi) is 5.10. The number of pyridine rings is 1. The molecule has 29 heavy (non-hydrogen) atoms. The first-order chi connectivity index (χ1) is 13.6. The first-order valence-corrected chi connectivity index (χ1v) is 8.65. The van der Waals surface area contributed by atoms with E-state index >= 15 is 0 Å². The van der Waals surface area contributed by atoms with Gasteiger partial charge in [0.25, 0.3) is 5.69 Å². The van der Waals surface area contributed by atoms with Crippen LogP contribution in [0.5, 0.6) is 0 Å². The highest BCUT2D eigenvalue weighted by molar-refractivity contribution is 5.99. The quantitative estimate of drug-likeness (QED) is 0.464. The van der Waals surface area contributed by atoms with E-state index in [0.29, 0.717) is 5.56 Å². The lowest BCUT2D eigenvalue weighted by atomic mass is 9.85. The van der Waals surface area contributed by atoms with E-state index in [0.717, 1.165) is 6.20 Å². The molecule has 1 unspecified atom stereocenters. The van der Waals surface area contributed by atoms with Crippen molar-refractivity contribution in [2.75, 3.05) is 7.05 Å². The molecule has 1 aromatic carbocycles. The molecule has 0 aliphatic carbocycles. The Hall–Kier alpha value is -3.69. The monoisotopic (exact) mass is 399 g/mol. The second-order valence-electron chi connectivity index (χ2n) is 6.95. The summed E-state index contributed by atoms with van der Waals surface area (Å²) in [6, 6.07) is 6.61. The molecular weight excluding hydrogens is 381 g/mol. The van der Waals surface area contributed by atoms with Gasteiger partial charge in [0, 0.05) is 25.1 Å². The zero-order chi connectivity index (χ0) is 21.3. The number of aromatic nitrogens is 1. The summed E-state index contributed by atoms with van der Waals surface area (Å²) in [6.07, 6.45) is 0.843. The van der Waals surface area contributed by atoms with Gasteiger partial charge in [-0.2, -0.15) is 0 Å². The highest BCUT2D eigenvalue weighted by Crippen LogP contribution is 2.35. The number of ketones is 1. The predicted molar refractivity (Wildman–Crippen MR) is 102 cm³/mol. The number of hydrogen-bond acceptors (Lipinski definition) is 7. The van der Waals surface area contributed by atoms with Crippen molar-refractivity contribution in [3.63, 3.8) is 0 Å². The summed E-state index contributed by atoms with van der Waals surface area (Å²) in [5.41, 5.74) is 5.08. The van der Waals surface area contributed by atoms with E-state index in [2.05, 4.69) is 9.98 Å². The molecule has 150 valence electrons. The van der Waals surface area contributed by atoms with Crippen molar-refractivity contribution < 1.29 is 18.9 Å². The van der Waals surface area contributed by atoms with Crippen LogP contribution < -0.4 is 5.73 Å². The normalized spacial score (nSPS) is 19.1. The Morgan fingerprint density at radius 3 is 2.69 bits per heavy atom. The number of carbonyl (C=O) groups is 2. The second kappa shape index (κ2) is 7.38. The Bertz CT molecular complexity index is 1040. The minimum atomic E-state index is -1.19. The van der Waals surface area contributed by atoms with Crippen LogP contribution in [-0.2, 0) is 16.8 Å². The number of halogens is 1. The van der Waals surface area contributed by atoms with Crippen LogP contribution in [-0.4, -0.2) is 39.5 Å². The lowest BCUT2D eigenvalue weighted by Gasteiger charge is -2.34. The molecule has 1 amide bonds. The first kappa shape index (κ1) is 20.1. The predicted octanol–water partition coefficient (Wildman–Crippen LogP) is 1.95. The van der Waals surface area contributed by atoms with Crippen molar-refractivity contribution in [1.29, 1.82) is 0 Å². The van der Waals surface area contributed by atoms with E-state index in [9.17, 15) is 24.1 Å². The molecule has 2 N–H and O–H groups in total. The number of nitro groups is 1. The fraction of sp³-hybridized carbons (Fsp3) is 0.263. The maximum Gasteiger partial charge on any atom is 0.287 e. The number of rotatable bonds is 5. The van der Waals surface area contributed by atoms with E-state index in [-0.39, 0.29) is 47.4 Å². The van der Waals surface area contributed by atoms with Crippen molar-refractivity contribution in [3.8, 4) is 0 Å². The van der Waals surface area contributed by atoms with E-state index in [1.54, 1.807) is 6.92 Å². The SMILES string of the molecule is CN1C(=O)CC(C)(c2cc(CC(=O)c3ccc([N+](=O)[O-])cn3)ccc2F)N=C1N. The highest BCUT2D eigenvalue weighted by atomic mass is 19.1. The average Bonchev–Trinajstić information content (AvgIpc) is 2.67. The van der Waals surface area contributed by atoms with Crippen LogP contribution in [0.2, 0.25) is 0 Å². The molecule has 0 saturated heterocycles. The molecule has 1 aromatic heterocycles. The number of nitrogens with zero attached hydrogens (tertiary/aromatic N) is 4. The summed E-state index contributed by atoms with van der Waals surface area (Å²) in [4.78, 5) is 44.0. The Morgan fingerprint density at radius 1 is 1.38 bits per heavy atom. The lowest BCUT2D eigenvalue weighted by Crippen LogP contribution is -2.47. The van der Waals surface area contributed by atoms with Gasteiger partial charge in [-0.1, -0.05) is 6.07 Å². The average molecular weight is 399 g/mol. The van der Waals surface area contributed by atoms with Crippen LogP contribution in [0, 0.1) is 15.9 Å². The van der Waals surface area contributed by atoms with Crippen molar-refractivity contribution in [2.24, 2.45) is 10.7 Å². The maximum absolute atomic E-state index is 14.5. The number of Topliss-reactive ketones (excluding diaryl/α,β-unsaturated/α-hetero) is 1. The maximum atomic E-state index is 14.5. The van der Waals surface area contributed by atoms with Crippen LogP contribution in [0.15, 0.2) is 41.5 Å². The van der Waals surface area contributed by atoms with Crippen LogP contribution in [0.3, 0.4) is 0 Å².